The van der Waals surface area contributed by atoms with Gasteiger partial charge in [-0.2, -0.15) is 10.1 Å². The molecule has 0 saturated heterocycles. The van der Waals surface area contributed by atoms with Crippen LogP contribution in [-0.4, -0.2) is 47.2 Å². The maximum absolute atomic E-state index is 12.8. The summed E-state index contributed by atoms with van der Waals surface area (Å²) in [5.41, 5.74) is 4.76. The van der Waals surface area contributed by atoms with Gasteiger partial charge in [-0.1, -0.05) is 59.8 Å². The molecule has 0 saturated carbocycles. The second-order valence-corrected chi connectivity index (χ2v) is 10.2. The number of aryl methyl sites for hydroxylation is 1. The molecule has 0 spiro atoms. The number of hydrogen-bond donors (Lipinski definition) is 1. The lowest BCUT2D eigenvalue weighted by atomic mass is 9.98. The van der Waals surface area contributed by atoms with Crippen molar-refractivity contribution in [1.82, 2.24) is 5.01 Å². The number of hydrazone groups is 1. The molecule has 0 aliphatic carbocycles. The minimum absolute atomic E-state index is 0.00326. The van der Waals surface area contributed by atoms with E-state index in [1.54, 1.807) is 38.5 Å². The van der Waals surface area contributed by atoms with Crippen molar-refractivity contribution in [2.24, 2.45) is 10.1 Å². The fourth-order valence-corrected chi connectivity index (χ4v) is 5.44. The number of hydrogen-bond acceptors (Lipinski definition) is 7. The van der Waals surface area contributed by atoms with Crippen molar-refractivity contribution in [3.63, 3.8) is 0 Å². The molecular formula is C29H28N4O4S. The van der Waals surface area contributed by atoms with Crippen molar-refractivity contribution >= 4 is 40.1 Å². The van der Waals surface area contributed by atoms with Gasteiger partial charge in [0.15, 0.2) is 5.17 Å². The molecule has 0 fully saturated rings. The molecule has 0 bridgehead atoms. The van der Waals surface area contributed by atoms with Gasteiger partial charge in [-0.05, 0) is 42.3 Å². The average Bonchev–Trinajstić information content (AvgIpc) is 3.53. The fraction of sp³-hybridized carbons (Fsp3) is 0.241. The first kappa shape index (κ1) is 25.5. The van der Waals surface area contributed by atoms with Gasteiger partial charge in [0, 0.05) is 24.6 Å². The summed E-state index contributed by atoms with van der Waals surface area (Å²) in [6.45, 7) is 2.05. The average molecular weight is 529 g/mol. The maximum Gasteiger partial charge on any atom is 0.262 e. The molecule has 0 unspecified atom stereocenters. The van der Waals surface area contributed by atoms with E-state index in [9.17, 15) is 9.59 Å². The van der Waals surface area contributed by atoms with Crippen LogP contribution in [0.5, 0.6) is 11.5 Å². The van der Waals surface area contributed by atoms with E-state index >= 15 is 0 Å². The number of ether oxygens (including phenoxy) is 2. The Bertz CT molecular complexity index is 1400. The summed E-state index contributed by atoms with van der Waals surface area (Å²) in [5.74, 6) is 0.805. The van der Waals surface area contributed by atoms with Gasteiger partial charge in [-0.15, -0.1) is 0 Å². The number of nitrogens with zero attached hydrogens (tertiary/aromatic N) is 3. The molecule has 2 amide bonds. The first-order valence-electron chi connectivity index (χ1n) is 12.2. The molecule has 5 rings (SSSR count). The van der Waals surface area contributed by atoms with Crippen LogP contribution in [-0.2, 0) is 9.59 Å². The fourth-order valence-electron chi connectivity index (χ4n) is 4.38. The van der Waals surface area contributed by atoms with Crippen molar-refractivity contribution < 1.29 is 19.1 Å². The van der Waals surface area contributed by atoms with E-state index in [-0.39, 0.29) is 24.3 Å². The van der Waals surface area contributed by atoms with Crippen LogP contribution in [0.3, 0.4) is 0 Å². The lowest BCUT2D eigenvalue weighted by Crippen LogP contribution is -2.25. The number of amides is 2. The molecule has 1 N–H and O–H groups in total. The summed E-state index contributed by atoms with van der Waals surface area (Å²) in [4.78, 5) is 29.9. The van der Waals surface area contributed by atoms with E-state index in [2.05, 4.69) is 34.6 Å². The van der Waals surface area contributed by atoms with E-state index in [0.29, 0.717) is 23.0 Å². The lowest BCUT2D eigenvalue weighted by Gasteiger charge is -2.23. The van der Waals surface area contributed by atoms with Crippen LogP contribution in [0.2, 0.25) is 0 Å². The molecule has 8 nitrogen and oxygen atoms in total. The summed E-state index contributed by atoms with van der Waals surface area (Å²) < 4.78 is 10.5. The number of anilines is 1. The van der Waals surface area contributed by atoms with E-state index in [4.69, 9.17) is 14.6 Å². The van der Waals surface area contributed by atoms with Gasteiger partial charge in [0.25, 0.3) is 5.91 Å². The summed E-state index contributed by atoms with van der Waals surface area (Å²) in [5, 5.41) is 9.44. The maximum atomic E-state index is 12.8. The zero-order valence-electron chi connectivity index (χ0n) is 21.4. The molecule has 194 valence electrons. The Morgan fingerprint density at radius 3 is 2.47 bits per heavy atom. The van der Waals surface area contributed by atoms with Gasteiger partial charge in [0.2, 0.25) is 5.91 Å². The summed E-state index contributed by atoms with van der Waals surface area (Å²) in [6.07, 6.45) is 0.660. The molecule has 38 heavy (non-hydrogen) atoms. The van der Waals surface area contributed by atoms with Crippen molar-refractivity contribution in [3.05, 3.63) is 89.5 Å². The van der Waals surface area contributed by atoms with Gasteiger partial charge < -0.3 is 14.8 Å². The Hall–Kier alpha value is -4.11. The minimum Gasteiger partial charge on any atom is -0.497 e. The minimum atomic E-state index is -0.620. The van der Waals surface area contributed by atoms with E-state index in [1.807, 2.05) is 36.2 Å². The smallest absolute Gasteiger partial charge is 0.262 e. The van der Waals surface area contributed by atoms with Crippen LogP contribution < -0.4 is 14.8 Å². The van der Waals surface area contributed by atoms with Crippen molar-refractivity contribution in [1.29, 1.82) is 0 Å². The number of amidine groups is 1. The number of methoxy groups -OCH3 is 2. The molecule has 2 aliphatic heterocycles. The summed E-state index contributed by atoms with van der Waals surface area (Å²) in [6, 6.07) is 23.0. The van der Waals surface area contributed by atoms with Gasteiger partial charge in [-0.3, -0.25) is 9.59 Å². The molecule has 2 heterocycles. The third-order valence-electron chi connectivity index (χ3n) is 6.44. The molecule has 2 aliphatic rings. The van der Waals surface area contributed by atoms with Crippen LogP contribution in [0.4, 0.5) is 5.69 Å². The van der Waals surface area contributed by atoms with Crippen molar-refractivity contribution in [3.8, 4) is 11.5 Å². The predicted octanol–water partition coefficient (Wildman–Crippen LogP) is 5.19. The topological polar surface area (TPSA) is 92.6 Å². The summed E-state index contributed by atoms with van der Waals surface area (Å²) >= 11 is 1.28. The van der Waals surface area contributed by atoms with Crippen LogP contribution in [0.1, 0.15) is 35.6 Å². The van der Waals surface area contributed by atoms with Gasteiger partial charge >= 0.3 is 0 Å². The highest BCUT2D eigenvalue weighted by atomic mass is 32.2. The normalized spacial score (nSPS) is 18.7. The van der Waals surface area contributed by atoms with Gasteiger partial charge in [-0.25, -0.2) is 5.01 Å². The molecular weight excluding hydrogens is 500 g/mol. The molecule has 9 heteroatoms. The first-order chi connectivity index (χ1) is 18.4. The largest absolute Gasteiger partial charge is 0.497 e. The highest BCUT2D eigenvalue weighted by Gasteiger charge is 2.39. The number of benzene rings is 3. The zero-order chi connectivity index (χ0) is 26.6. The van der Waals surface area contributed by atoms with Crippen LogP contribution in [0, 0.1) is 6.92 Å². The first-order valence-corrected chi connectivity index (χ1v) is 13.1. The molecule has 3 aromatic carbocycles. The standard InChI is InChI=1S/C29H28N4O4S/c1-18-7-9-19(10-8-18)24-16-25(20-11-13-22(36-2)14-12-20)33(32-24)29-31-28(35)26(38-29)17-27(34)30-21-5-4-6-23(15-21)37-3/h4-15,25-26H,16-17H2,1-3H3,(H,30,34)/t25-,26+/m1/s1. The van der Waals surface area contributed by atoms with E-state index in [0.717, 1.165) is 22.6 Å². The number of rotatable bonds is 7. The number of thioether (sulfide) groups is 1. The van der Waals surface area contributed by atoms with Gasteiger partial charge in [0.1, 0.15) is 16.7 Å². The zero-order valence-corrected chi connectivity index (χ0v) is 22.2. The number of carbonyl (C=O) groups excluding carboxylic acids is 2. The van der Waals surface area contributed by atoms with Crippen molar-refractivity contribution in [2.45, 2.75) is 31.1 Å². The van der Waals surface area contributed by atoms with Crippen LogP contribution in [0.15, 0.2) is 82.9 Å². The Kier molecular flexibility index (Phi) is 7.46. The number of carbonyl (C=O) groups is 2. The highest BCUT2D eigenvalue weighted by molar-refractivity contribution is 8.15. The van der Waals surface area contributed by atoms with E-state index < -0.39 is 5.25 Å². The Morgan fingerprint density at radius 2 is 1.76 bits per heavy atom. The third kappa shape index (κ3) is 5.57. The number of nitrogens with one attached hydrogen (secondary N) is 1. The Labute approximate surface area is 225 Å². The second kappa shape index (κ2) is 11.1. The van der Waals surface area contributed by atoms with Gasteiger partial charge in [0.05, 0.1) is 26.0 Å². The Balaban J connectivity index is 1.34. The SMILES string of the molecule is COc1ccc([C@H]2CC(c3ccc(C)cc3)=NN2C2=NC(=O)[C@H](CC(=O)Nc3cccc(OC)c3)S2)cc1. The van der Waals surface area contributed by atoms with Crippen molar-refractivity contribution in [2.75, 3.05) is 19.5 Å². The van der Waals surface area contributed by atoms with E-state index in [1.165, 1.54) is 17.3 Å². The molecule has 0 radical (unpaired) electrons. The molecule has 0 aromatic heterocycles. The monoisotopic (exact) mass is 528 g/mol. The predicted molar refractivity (Wildman–Crippen MR) is 150 cm³/mol. The Morgan fingerprint density at radius 1 is 1.03 bits per heavy atom. The van der Waals surface area contributed by atoms with Crippen LogP contribution >= 0.6 is 11.8 Å². The summed E-state index contributed by atoms with van der Waals surface area (Å²) in [7, 11) is 3.20. The second-order valence-electron chi connectivity index (χ2n) is 9.07. The molecule has 2 atom stereocenters. The highest BCUT2D eigenvalue weighted by Crippen LogP contribution is 2.39. The number of aliphatic imine (C=N–C) groups is 1. The third-order valence-corrected chi connectivity index (χ3v) is 7.59. The molecule has 3 aromatic rings. The lowest BCUT2D eigenvalue weighted by molar-refractivity contribution is -0.121. The van der Waals surface area contributed by atoms with Crippen LogP contribution in [0.25, 0.3) is 0 Å². The quantitative estimate of drug-likeness (QED) is 0.454.